The van der Waals surface area contributed by atoms with E-state index in [1.165, 1.54) is 23.5 Å². The number of alkyl carbamates (subject to hydrolysis) is 1. The molecule has 1 aromatic heterocycles. The minimum absolute atomic E-state index is 0.0580. The summed E-state index contributed by atoms with van der Waals surface area (Å²) >= 11 is 0. The van der Waals surface area contributed by atoms with Crippen molar-refractivity contribution in [3.8, 4) is 0 Å². The number of sulfonamides is 1. The van der Waals surface area contributed by atoms with Gasteiger partial charge >= 0.3 is 12.1 Å². The van der Waals surface area contributed by atoms with E-state index in [0.29, 0.717) is 25.7 Å². The van der Waals surface area contributed by atoms with Crippen LogP contribution in [0, 0.1) is 5.92 Å². The number of nitrogens with zero attached hydrogens (tertiary/aromatic N) is 3. The van der Waals surface area contributed by atoms with Gasteiger partial charge in [0.05, 0.1) is 18.0 Å². The summed E-state index contributed by atoms with van der Waals surface area (Å²) in [5, 5.41) is 4.78. The standard InChI is InChI=1S/C31H42N6O9S/c1-30(2,3)46-29(42)34-22-10-8-6-4-5-7-9-19-16-31(19,28(41)36-47(43,44)21-11-12-21)35-25(38)24-15-20(18-37(24)26(22)39)45-27(40)23-17-32-13-14-33-23/h7,9,13-14,17,19-22,24H,4-6,8,10-12,15-16,18H2,1-3H3,(H,34,42)(H,35,38)(H,36,41)/b9-7-/t19-,20-,22+,24+,31-/m1/s1. The summed E-state index contributed by atoms with van der Waals surface area (Å²) in [6.07, 6.45) is 9.97. The van der Waals surface area contributed by atoms with Crippen LogP contribution < -0.4 is 15.4 Å². The molecule has 3 N–H and O–H groups in total. The fourth-order valence-corrected chi connectivity index (χ4v) is 7.28. The Bertz CT molecular complexity index is 1530. The lowest BCUT2D eigenvalue weighted by molar-refractivity contribution is -0.141. The van der Waals surface area contributed by atoms with Crippen molar-refractivity contribution >= 4 is 39.8 Å². The van der Waals surface area contributed by atoms with Crippen molar-refractivity contribution in [3.05, 3.63) is 36.4 Å². The Kier molecular flexibility index (Phi) is 9.89. The van der Waals surface area contributed by atoms with E-state index >= 15 is 0 Å². The Morgan fingerprint density at radius 1 is 1.09 bits per heavy atom. The van der Waals surface area contributed by atoms with E-state index in [1.807, 2.05) is 12.2 Å². The van der Waals surface area contributed by atoms with Gasteiger partial charge in [-0.2, -0.15) is 0 Å². The molecule has 0 spiro atoms. The van der Waals surface area contributed by atoms with Crippen LogP contribution >= 0.6 is 0 Å². The van der Waals surface area contributed by atoms with Crippen LogP contribution in [-0.2, 0) is 33.9 Å². The van der Waals surface area contributed by atoms with Crippen molar-refractivity contribution in [2.75, 3.05) is 6.54 Å². The highest BCUT2D eigenvalue weighted by Gasteiger charge is 2.62. The first-order chi connectivity index (χ1) is 22.2. The molecule has 3 fully saturated rings. The maximum Gasteiger partial charge on any atom is 0.408 e. The summed E-state index contributed by atoms with van der Waals surface area (Å²) in [4.78, 5) is 76.3. The molecule has 0 radical (unpaired) electrons. The fourth-order valence-electron chi connectivity index (χ4n) is 5.91. The predicted molar refractivity (Wildman–Crippen MR) is 166 cm³/mol. The van der Waals surface area contributed by atoms with E-state index in [9.17, 15) is 32.4 Å². The van der Waals surface area contributed by atoms with Crippen LogP contribution in [0.5, 0.6) is 0 Å². The molecule has 1 saturated heterocycles. The number of esters is 1. The van der Waals surface area contributed by atoms with E-state index in [1.54, 1.807) is 20.8 Å². The minimum atomic E-state index is -3.90. The normalized spacial score (nSPS) is 29.1. The molecule has 4 aliphatic rings. The van der Waals surface area contributed by atoms with Gasteiger partial charge in [-0.15, -0.1) is 0 Å². The minimum Gasteiger partial charge on any atom is -0.456 e. The molecule has 2 saturated carbocycles. The first-order valence-corrected chi connectivity index (χ1v) is 17.5. The van der Waals surface area contributed by atoms with Gasteiger partial charge < -0.3 is 25.0 Å². The topological polar surface area (TPSA) is 203 Å². The van der Waals surface area contributed by atoms with Crippen molar-refractivity contribution in [2.45, 2.75) is 113 Å². The van der Waals surface area contributed by atoms with Crippen LogP contribution in [0.2, 0.25) is 0 Å². The summed E-state index contributed by atoms with van der Waals surface area (Å²) in [6.45, 7) is 4.92. The average Bonchev–Trinajstić information content (AvgIpc) is 3.92. The number of hydrogen-bond acceptors (Lipinski definition) is 11. The molecule has 47 heavy (non-hydrogen) atoms. The van der Waals surface area contributed by atoms with E-state index in [2.05, 4.69) is 25.3 Å². The molecule has 0 bridgehead atoms. The SMILES string of the molecule is CC(C)(C)OC(=O)N[C@H]1CCCCC/C=C\[C@@H]2C[C@@]2(C(=O)NS(=O)(=O)C2CC2)NC(=O)[C@@H]2C[C@@H](OC(=O)c3cnccn3)CN2C1=O. The van der Waals surface area contributed by atoms with E-state index < -0.39 is 80.3 Å². The van der Waals surface area contributed by atoms with Gasteiger partial charge in [0, 0.05) is 24.7 Å². The highest BCUT2D eigenvalue weighted by molar-refractivity contribution is 7.91. The number of nitrogens with one attached hydrogen (secondary N) is 3. The third-order valence-electron chi connectivity index (χ3n) is 8.58. The van der Waals surface area contributed by atoms with Gasteiger partial charge in [0.1, 0.15) is 29.3 Å². The first kappa shape index (κ1) is 34.3. The van der Waals surface area contributed by atoms with Crippen LogP contribution in [0.3, 0.4) is 0 Å². The molecule has 5 atom stereocenters. The third-order valence-corrected chi connectivity index (χ3v) is 10.4. The van der Waals surface area contributed by atoms with Crippen molar-refractivity contribution in [1.82, 2.24) is 30.2 Å². The largest absolute Gasteiger partial charge is 0.456 e. The maximum atomic E-state index is 14.1. The van der Waals surface area contributed by atoms with Crippen molar-refractivity contribution in [2.24, 2.45) is 5.92 Å². The number of ether oxygens (including phenoxy) is 2. The molecule has 256 valence electrons. The van der Waals surface area contributed by atoms with Crippen molar-refractivity contribution in [3.63, 3.8) is 0 Å². The zero-order chi connectivity index (χ0) is 34.0. The molecule has 3 heterocycles. The average molecular weight is 675 g/mol. The Hall–Kier alpha value is -4.08. The number of rotatable bonds is 6. The molecule has 2 aliphatic heterocycles. The summed E-state index contributed by atoms with van der Waals surface area (Å²) in [7, 11) is -3.90. The molecule has 5 rings (SSSR count). The molecule has 2 aliphatic carbocycles. The Balaban J connectivity index is 1.42. The summed E-state index contributed by atoms with van der Waals surface area (Å²) in [5.41, 5.74) is -2.41. The zero-order valence-electron chi connectivity index (χ0n) is 26.8. The number of carbonyl (C=O) groups excluding carboxylic acids is 5. The second-order valence-corrected chi connectivity index (χ2v) is 15.5. The van der Waals surface area contributed by atoms with E-state index in [0.717, 1.165) is 12.8 Å². The predicted octanol–water partition coefficient (Wildman–Crippen LogP) is 1.50. The Morgan fingerprint density at radius 3 is 2.53 bits per heavy atom. The molecular weight excluding hydrogens is 632 g/mol. The Labute approximate surface area is 273 Å². The number of aromatic nitrogens is 2. The van der Waals surface area contributed by atoms with Gasteiger partial charge in [0.2, 0.25) is 21.8 Å². The van der Waals surface area contributed by atoms with Gasteiger partial charge in [-0.25, -0.2) is 23.0 Å². The lowest BCUT2D eigenvalue weighted by Gasteiger charge is -2.30. The number of carbonyl (C=O) groups is 5. The number of allylic oxidation sites excluding steroid dienone is 1. The Morgan fingerprint density at radius 2 is 1.85 bits per heavy atom. The second-order valence-electron chi connectivity index (χ2n) is 13.6. The molecular formula is C31H42N6O9S. The fraction of sp³-hybridized carbons (Fsp3) is 0.645. The van der Waals surface area contributed by atoms with Gasteiger partial charge in [0.25, 0.3) is 5.91 Å². The summed E-state index contributed by atoms with van der Waals surface area (Å²) < 4.78 is 38.5. The second kappa shape index (κ2) is 13.6. The molecule has 0 unspecified atom stereocenters. The van der Waals surface area contributed by atoms with Crippen LogP contribution in [0.25, 0.3) is 0 Å². The molecule has 0 aromatic carbocycles. The van der Waals surface area contributed by atoms with Crippen LogP contribution in [-0.4, -0.2) is 94.2 Å². The third kappa shape index (κ3) is 8.45. The molecule has 15 nitrogen and oxygen atoms in total. The quantitative estimate of drug-likeness (QED) is 0.291. The van der Waals surface area contributed by atoms with E-state index in [-0.39, 0.29) is 31.5 Å². The maximum absolute atomic E-state index is 14.1. The lowest BCUT2D eigenvalue weighted by Crippen LogP contribution is -2.58. The number of amides is 4. The summed E-state index contributed by atoms with van der Waals surface area (Å²) in [6, 6.07) is -2.25. The monoisotopic (exact) mass is 674 g/mol. The van der Waals surface area contributed by atoms with Gasteiger partial charge in [-0.05, 0) is 59.3 Å². The van der Waals surface area contributed by atoms with Gasteiger partial charge in [-0.1, -0.05) is 25.0 Å². The number of fused-ring (bicyclic) bond motifs is 2. The van der Waals surface area contributed by atoms with E-state index in [4.69, 9.17) is 9.47 Å². The zero-order valence-corrected chi connectivity index (χ0v) is 27.6. The van der Waals surface area contributed by atoms with Crippen LogP contribution in [0.4, 0.5) is 4.79 Å². The number of hydrogen-bond donors (Lipinski definition) is 3. The molecule has 1 aromatic rings. The molecule has 4 amide bonds. The highest BCUT2D eigenvalue weighted by Crippen LogP contribution is 2.46. The first-order valence-electron chi connectivity index (χ1n) is 16.0. The highest BCUT2D eigenvalue weighted by atomic mass is 32.2. The smallest absolute Gasteiger partial charge is 0.408 e. The van der Waals surface area contributed by atoms with Gasteiger partial charge in [-0.3, -0.25) is 24.1 Å². The van der Waals surface area contributed by atoms with Crippen LogP contribution in [0.15, 0.2) is 30.7 Å². The van der Waals surface area contributed by atoms with Crippen molar-refractivity contribution < 1.29 is 41.9 Å². The van der Waals surface area contributed by atoms with Gasteiger partial charge in [0.15, 0.2) is 5.69 Å². The summed E-state index contributed by atoms with van der Waals surface area (Å²) in [5.74, 6) is -3.37. The lowest BCUT2D eigenvalue weighted by atomic mass is 10.0. The van der Waals surface area contributed by atoms with Crippen molar-refractivity contribution in [1.29, 1.82) is 0 Å². The molecule has 16 heteroatoms. The van der Waals surface area contributed by atoms with Crippen LogP contribution in [0.1, 0.15) is 89.0 Å².